The van der Waals surface area contributed by atoms with E-state index in [0.717, 1.165) is 0 Å². The van der Waals surface area contributed by atoms with Gasteiger partial charge in [-0.05, 0) is 18.2 Å². The van der Waals surface area contributed by atoms with Crippen LogP contribution in [0, 0.1) is 0 Å². The summed E-state index contributed by atoms with van der Waals surface area (Å²) < 4.78 is -0.259. The topological polar surface area (TPSA) is 30.7 Å². The van der Waals surface area contributed by atoms with Crippen molar-refractivity contribution in [3.63, 3.8) is 0 Å². The van der Waals surface area contributed by atoms with Gasteiger partial charge in [-0.2, -0.15) is 5.10 Å². The monoisotopic (exact) mass is 343 g/mol. The Bertz CT molecular complexity index is 561. The fraction of sp³-hybridized carbons (Fsp3) is 0.200. The summed E-state index contributed by atoms with van der Waals surface area (Å²) in [6, 6.07) is 4.98. The van der Waals surface area contributed by atoms with Gasteiger partial charge < -0.3 is 0 Å². The van der Waals surface area contributed by atoms with Crippen molar-refractivity contribution in [1.29, 1.82) is 0 Å². The number of halogens is 5. The molecule has 0 aromatic carbocycles. The highest BCUT2D eigenvalue weighted by Gasteiger charge is 2.30. The first-order valence-electron chi connectivity index (χ1n) is 4.76. The second-order valence-electron chi connectivity index (χ2n) is 3.37. The Kier molecular flexibility index (Phi) is 4.29. The van der Waals surface area contributed by atoms with Gasteiger partial charge in [0.15, 0.2) is 5.82 Å². The molecular formula is C10H6Cl5N3. The summed E-state index contributed by atoms with van der Waals surface area (Å²) in [5.41, 5.74) is 0.906. The van der Waals surface area contributed by atoms with Gasteiger partial charge in [-0.3, -0.25) is 0 Å². The van der Waals surface area contributed by atoms with E-state index in [0.29, 0.717) is 22.2 Å². The Balaban J connectivity index is 2.64. The van der Waals surface area contributed by atoms with Crippen LogP contribution in [0.5, 0.6) is 0 Å². The molecule has 0 aliphatic rings. The molecule has 0 saturated heterocycles. The molecule has 0 fully saturated rings. The van der Waals surface area contributed by atoms with Gasteiger partial charge in [0, 0.05) is 6.20 Å². The SMILES string of the molecule is ClCc1cc(C(Cl)(Cl)Cl)n(-c2ncccc2Cl)n1. The van der Waals surface area contributed by atoms with E-state index < -0.39 is 3.79 Å². The van der Waals surface area contributed by atoms with Crippen LogP contribution in [-0.2, 0) is 9.67 Å². The first-order valence-corrected chi connectivity index (χ1v) is 6.81. The molecule has 0 aliphatic carbocycles. The van der Waals surface area contributed by atoms with Crippen molar-refractivity contribution in [3.8, 4) is 5.82 Å². The van der Waals surface area contributed by atoms with E-state index in [9.17, 15) is 0 Å². The molecule has 0 aliphatic heterocycles. The molecule has 2 aromatic heterocycles. The first kappa shape index (κ1) is 14.2. The lowest BCUT2D eigenvalue weighted by Gasteiger charge is -2.13. The summed E-state index contributed by atoms with van der Waals surface area (Å²) in [4.78, 5) is 4.12. The summed E-state index contributed by atoms with van der Waals surface area (Å²) in [5, 5.41) is 4.61. The molecule has 18 heavy (non-hydrogen) atoms. The fourth-order valence-corrected chi connectivity index (χ4v) is 2.13. The van der Waals surface area contributed by atoms with Gasteiger partial charge >= 0.3 is 0 Å². The predicted octanol–water partition coefficient (Wildman–Crippen LogP) is 4.49. The van der Waals surface area contributed by atoms with Crippen LogP contribution in [-0.4, -0.2) is 14.8 Å². The molecule has 2 heterocycles. The van der Waals surface area contributed by atoms with Gasteiger partial charge in [0.25, 0.3) is 0 Å². The van der Waals surface area contributed by atoms with Crippen LogP contribution in [0.15, 0.2) is 24.4 Å². The van der Waals surface area contributed by atoms with E-state index in [1.807, 2.05) is 0 Å². The predicted molar refractivity (Wildman–Crippen MR) is 75.2 cm³/mol. The molecule has 0 spiro atoms. The van der Waals surface area contributed by atoms with Crippen LogP contribution in [0.3, 0.4) is 0 Å². The second kappa shape index (κ2) is 5.43. The third kappa shape index (κ3) is 2.86. The average Bonchev–Trinajstić information content (AvgIpc) is 2.73. The third-order valence-corrected chi connectivity index (χ3v) is 3.28. The highest BCUT2D eigenvalue weighted by atomic mass is 35.6. The van der Waals surface area contributed by atoms with E-state index in [2.05, 4.69) is 10.1 Å². The Labute approximate surface area is 129 Å². The van der Waals surface area contributed by atoms with Gasteiger partial charge in [0.2, 0.25) is 3.79 Å². The molecule has 0 amide bonds. The molecule has 0 unspecified atom stereocenters. The molecule has 2 aromatic rings. The molecule has 8 heteroatoms. The number of aromatic nitrogens is 3. The quantitative estimate of drug-likeness (QED) is 0.751. The summed E-state index contributed by atoms with van der Waals surface area (Å²) in [5.74, 6) is 0.586. The van der Waals surface area contributed by atoms with E-state index >= 15 is 0 Å². The number of rotatable bonds is 2. The number of alkyl halides is 4. The van der Waals surface area contributed by atoms with E-state index in [1.165, 1.54) is 4.68 Å². The Hall–Kier alpha value is -0.190. The molecular weight excluding hydrogens is 339 g/mol. The van der Waals surface area contributed by atoms with Crippen LogP contribution in [0.25, 0.3) is 5.82 Å². The molecule has 0 radical (unpaired) electrons. The fourth-order valence-electron chi connectivity index (χ4n) is 1.39. The highest BCUT2D eigenvalue weighted by Crippen LogP contribution is 2.40. The Morgan fingerprint density at radius 2 is 2.00 bits per heavy atom. The third-order valence-electron chi connectivity index (χ3n) is 2.13. The van der Waals surface area contributed by atoms with Crippen molar-refractivity contribution in [3.05, 3.63) is 40.8 Å². The molecule has 0 saturated carbocycles. The molecule has 0 bridgehead atoms. The smallest absolute Gasteiger partial charge is 0.232 e. The van der Waals surface area contributed by atoms with Crippen molar-refractivity contribution in [2.24, 2.45) is 0 Å². The van der Waals surface area contributed by atoms with Gasteiger partial charge in [0.1, 0.15) is 0 Å². The zero-order chi connectivity index (χ0) is 13.3. The van der Waals surface area contributed by atoms with Gasteiger partial charge in [-0.1, -0.05) is 46.4 Å². The van der Waals surface area contributed by atoms with Crippen LogP contribution in [0.2, 0.25) is 5.02 Å². The van der Waals surface area contributed by atoms with Crippen LogP contribution in [0.1, 0.15) is 11.4 Å². The average molecular weight is 345 g/mol. The number of nitrogens with zero attached hydrogens (tertiary/aromatic N) is 3. The summed E-state index contributed by atoms with van der Waals surface area (Å²) in [6.07, 6.45) is 1.57. The zero-order valence-corrected chi connectivity index (χ0v) is 12.5. The maximum absolute atomic E-state index is 6.05. The second-order valence-corrected chi connectivity index (χ2v) is 6.33. The lowest BCUT2D eigenvalue weighted by atomic mass is 10.4. The maximum atomic E-state index is 6.05. The minimum Gasteiger partial charge on any atom is -0.236 e. The van der Waals surface area contributed by atoms with Crippen molar-refractivity contribution in [2.45, 2.75) is 9.67 Å². The standard InChI is InChI=1S/C10H6Cl5N3/c11-5-6-4-8(10(13,14)15)18(17-6)9-7(12)2-1-3-16-9/h1-4H,5H2. The minimum atomic E-state index is -1.64. The van der Waals surface area contributed by atoms with Crippen molar-refractivity contribution in [2.75, 3.05) is 0 Å². The summed E-state index contributed by atoms with van der Waals surface area (Å²) in [6.45, 7) is 0. The lowest BCUT2D eigenvalue weighted by molar-refractivity contribution is 0.785. The molecule has 0 N–H and O–H groups in total. The van der Waals surface area contributed by atoms with Crippen molar-refractivity contribution >= 4 is 58.0 Å². The Morgan fingerprint density at radius 1 is 1.28 bits per heavy atom. The maximum Gasteiger partial charge on any atom is 0.232 e. The molecule has 0 atom stereocenters. The molecule has 3 nitrogen and oxygen atoms in total. The lowest BCUT2D eigenvalue weighted by Crippen LogP contribution is -2.11. The summed E-state index contributed by atoms with van der Waals surface area (Å²) in [7, 11) is 0. The van der Waals surface area contributed by atoms with Crippen LogP contribution in [0.4, 0.5) is 0 Å². The molecule has 2 rings (SSSR count). The first-order chi connectivity index (χ1) is 8.43. The summed E-state index contributed by atoms with van der Waals surface area (Å²) >= 11 is 29.5. The van der Waals surface area contributed by atoms with Gasteiger partial charge in [-0.15, -0.1) is 11.6 Å². The molecule has 96 valence electrons. The van der Waals surface area contributed by atoms with E-state index in [-0.39, 0.29) is 5.88 Å². The zero-order valence-electron chi connectivity index (χ0n) is 8.75. The van der Waals surface area contributed by atoms with E-state index in [1.54, 1.807) is 24.4 Å². The van der Waals surface area contributed by atoms with Crippen LogP contribution < -0.4 is 0 Å². The number of hydrogen-bond acceptors (Lipinski definition) is 2. The number of pyridine rings is 1. The minimum absolute atomic E-state index is 0.200. The van der Waals surface area contributed by atoms with Crippen molar-refractivity contribution < 1.29 is 0 Å². The highest BCUT2D eigenvalue weighted by molar-refractivity contribution is 6.66. The van der Waals surface area contributed by atoms with Crippen molar-refractivity contribution in [1.82, 2.24) is 14.8 Å². The van der Waals surface area contributed by atoms with E-state index in [4.69, 9.17) is 58.0 Å². The number of hydrogen-bond donors (Lipinski definition) is 0. The van der Waals surface area contributed by atoms with Crippen LogP contribution >= 0.6 is 58.0 Å². The van der Waals surface area contributed by atoms with Gasteiger partial charge in [0.05, 0.1) is 22.3 Å². The van der Waals surface area contributed by atoms with Gasteiger partial charge in [-0.25, -0.2) is 9.67 Å². The normalized spacial score (nSPS) is 11.8. The Morgan fingerprint density at radius 3 is 2.56 bits per heavy atom. The largest absolute Gasteiger partial charge is 0.236 e.